The van der Waals surface area contributed by atoms with Gasteiger partial charge in [0, 0.05) is 12.1 Å². The van der Waals surface area contributed by atoms with Crippen LogP contribution in [0.15, 0.2) is 0 Å². The molecule has 0 saturated carbocycles. The lowest BCUT2D eigenvalue weighted by Gasteiger charge is -2.28. The lowest BCUT2D eigenvalue weighted by molar-refractivity contribution is -0.0353. The van der Waals surface area contributed by atoms with Gasteiger partial charge in [-0.05, 0) is 53.5 Å². The van der Waals surface area contributed by atoms with Crippen LogP contribution in [-0.4, -0.2) is 49.2 Å². The second-order valence-corrected chi connectivity index (χ2v) is 6.28. The summed E-state index contributed by atoms with van der Waals surface area (Å²) >= 11 is 0. The summed E-state index contributed by atoms with van der Waals surface area (Å²) < 4.78 is 11.1. The van der Waals surface area contributed by atoms with Gasteiger partial charge in [-0.25, -0.2) is 0 Å². The number of ether oxygens (including phenoxy) is 2. The van der Waals surface area contributed by atoms with E-state index >= 15 is 0 Å². The Hall–Kier alpha value is -0.160. The van der Waals surface area contributed by atoms with Gasteiger partial charge in [-0.15, -0.1) is 0 Å². The van der Waals surface area contributed by atoms with Crippen LogP contribution < -0.4 is 5.32 Å². The van der Waals surface area contributed by atoms with Crippen molar-refractivity contribution in [2.45, 2.75) is 65.0 Å². The predicted molar refractivity (Wildman–Crippen MR) is 79.5 cm³/mol. The molecular formula is C15H33NO3. The number of hydrogen-bond acceptors (Lipinski definition) is 4. The molecule has 1 atom stereocenters. The van der Waals surface area contributed by atoms with Crippen molar-refractivity contribution in [1.82, 2.24) is 5.32 Å². The monoisotopic (exact) mass is 275 g/mol. The smallest absolute Gasteiger partial charge is 0.0707 e. The van der Waals surface area contributed by atoms with Crippen LogP contribution in [-0.2, 0) is 9.47 Å². The molecule has 1 unspecified atom stereocenters. The van der Waals surface area contributed by atoms with E-state index in [-0.39, 0.29) is 17.7 Å². The summed E-state index contributed by atoms with van der Waals surface area (Å²) in [7, 11) is 0. The van der Waals surface area contributed by atoms with Gasteiger partial charge < -0.3 is 19.9 Å². The fourth-order valence-electron chi connectivity index (χ4n) is 1.88. The van der Waals surface area contributed by atoms with E-state index in [9.17, 15) is 5.11 Å². The van der Waals surface area contributed by atoms with Crippen LogP contribution >= 0.6 is 0 Å². The minimum Gasteiger partial charge on any atom is -0.394 e. The normalized spacial score (nSPS) is 15.5. The number of unbranched alkanes of at least 4 members (excludes halogenated alkanes) is 1. The van der Waals surface area contributed by atoms with Gasteiger partial charge >= 0.3 is 0 Å². The Balaban J connectivity index is 3.45. The van der Waals surface area contributed by atoms with Gasteiger partial charge in [-0.3, -0.25) is 0 Å². The summed E-state index contributed by atoms with van der Waals surface area (Å²) in [5, 5.41) is 12.7. The standard InChI is InChI=1S/C15H33NO3/c1-6-16-15(5,13-17)9-7-8-10-18-11-12-19-14(2,3)4/h16-17H,6-13H2,1-5H3. The lowest BCUT2D eigenvalue weighted by Crippen LogP contribution is -2.45. The van der Waals surface area contributed by atoms with Crippen LogP contribution in [0.2, 0.25) is 0 Å². The van der Waals surface area contributed by atoms with E-state index in [0.29, 0.717) is 13.2 Å². The fourth-order valence-corrected chi connectivity index (χ4v) is 1.88. The van der Waals surface area contributed by atoms with Crippen molar-refractivity contribution in [2.24, 2.45) is 0 Å². The first kappa shape index (κ1) is 18.8. The van der Waals surface area contributed by atoms with E-state index in [1.807, 2.05) is 20.8 Å². The van der Waals surface area contributed by atoms with E-state index in [2.05, 4.69) is 19.2 Å². The van der Waals surface area contributed by atoms with E-state index < -0.39 is 0 Å². The van der Waals surface area contributed by atoms with Crippen LogP contribution in [0.25, 0.3) is 0 Å². The van der Waals surface area contributed by atoms with Crippen molar-refractivity contribution in [3.63, 3.8) is 0 Å². The van der Waals surface area contributed by atoms with Crippen molar-refractivity contribution in [2.75, 3.05) is 33.0 Å². The van der Waals surface area contributed by atoms with Crippen LogP contribution in [0.5, 0.6) is 0 Å². The summed E-state index contributed by atoms with van der Waals surface area (Å²) in [4.78, 5) is 0. The molecule has 0 amide bonds. The molecule has 0 aliphatic rings. The van der Waals surface area contributed by atoms with Gasteiger partial charge in [-0.1, -0.05) is 6.92 Å². The quantitative estimate of drug-likeness (QED) is 0.568. The number of aliphatic hydroxyl groups excluding tert-OH is 1. The van der Waals surface area contributed by atoms with Crippen LogP contribution in [0.4, 0.5) is 0 Å². The molecule has 0 aliphatic carbocycles. The Morgan fingerprint density at radius 2 is 1.68 bits per heavy atom. The summed E-state index contributed by atoms with van der Waals surface area (Å²) in [6, 6.07) is 0. The summed E-state index contributed by atoms with van der Waals surface area (Å²) in [5.41, 5.74) is -0.234. The molecule has 4 nitrogen and oxygen atoms in total. The molecule has 0 bridgehead atoms. The highest BCUT2D eigenvalue weighted by Crippen LogP contribution is 2.13. The molecule has 0 heterocycles. The molecule has 0 rings (SSSR count). The van der Waals surface area contributed by atoms with Crippen molar-refractivity contribution < 1.29 is 14.6 Å². The third kappa shape index (κ3) is 11.4. The summed E-state index contributed by atoms with van der Waals surface area (Å²) in [5.74, 6) is 0. The van der Waals surface area contributed by atoms with Gasteiger partial charge in [-0.2, -0.15) is 0 Å². The van der Waals surface area contributed by atoms with Crippen LogP contribution in [0, 0.1) is 0 Å². The first-order valence-corrected chi connectivity index (χ1v) is 7.40. The molecule has 4 heteroatoms. The maximum Gasteiger partial charge on any atom is 0.0707 e. The molecule has 0 fully saturated rings. The van der Waals surface area contributed by atoms with Crippen molar-refractivity contribution in [1.29, 1.82) is 0 Å². The van der Waals surface area contributed by atoms with Gasteiger partial charge in [0.05, 0.1) is 25.4 Å². The van der Waals surface area contributed by atoms with Gasteiger partial charge in [0.25, 0.3) is 0 Å². The zero-order chi connectivity index (χ0) is 14.8. The first-order chi connectivity index (χ1) is 8.83. The highest BCUT2D eigenvalue weighted by molar-refractivity contribution is 4.81. The van der Waals surface area contributed by atoms with E-state index in [1.54, 1.807) is 0 Å². The second-order valence-electron chi connectivity index (χ2n) is 6.28. The highest BCUT2D eigenvalue weighted by Gasteiger charge is 2.20. The minimum atomic E-state index is -0.149. The number of hydrogen-bond donors (Lipinski definition) is 2. The summed E-state index contributed by atoms with van der Waals surface area (Å²) in [6.07, 6.45) is 3.06. The summed E-state index contributed by atoms with van der Waals surface area (Å²) in [6.45, 7) is 13.4. The molecule has 0 aromatic carbocycles. The van der Waals surface area contributed by atoms with E-state index in [4.69, 9.17) is 9.47 Å². The van der Waals surface area contributed by atoms with Crippen molar-refractivity contribution in [3.05, 3.63) is 0 Å². The predicted octanol–water partition coefficient (Wildman–Crippen LogP) is 2.35. The second kappa shape index (κ2) is 9.70. The minimum absolute atomic E-state index is 0.0852. The number of rotatable bonds is 11. The molecule has 0 saturated heterocycles. The zero-order valence-corrected chi connectivity index (χ0v) is 13.4. The number of aliphatic hydroxyl groups is 1. The molecule has 0 aromatic heterocycles. The molecule has 0 aromatic rings. The Kier molecular flexibility index (Phi) is 9.62. The fraction of sp³-hybridized carbons (Fsp3) is 1.00. The Morgan fingerprint density at radius 1 is 1.00 bits per heavy atom. The molecule has 0 spiro atoms. The maximum atomic E-state index is 9.35. The SMILES string of the molecule is CCNC(C)(CO)CCCCOCCOC(C)(C)C. The molecule has 19 heavy (non-hydrogen) atoms. The average molecular weight is 275 g/mol. The topological polar surface area (TPSA) is 50.7 Å². The van der Waals surface area contributed by atoms with Crippen molar-refractivity contribution in [3.8, 4) is 0 Å². The molecule has 0 aliphatic heterocycles. The Morgan fingerprint density at radius 3 is 2.21 bits per heavy atom. The maximum absolute atomic E-state index is 9.35. The highest BCUT2D eigenvalue weighted by atomic mass is 16.5. The molecule has 0 radical (unpaired) electrons. The van der Waals surface area contributed by atoms with Crippen LogP contribution in [0.3, 0.4) is 0 Å². The third-order valence-electron chi connectivity index (χ3n) is 2.98. The molecule has 2 N–H and O–H groups in total. The zero-order valence-electron chi connectivity index (χ0n) is 13.4. The largest absolute Gasteiger partial charge is 0.394 e. The third-order valence-corrected chi connectivity index (χ3v) is 2.98. The lowest BCUT2D eigenvalue weighted by atomic mass is 9.96. The van der Waals surface area contributed by atoms with Crippen LogP contribution in [0.1, 0.15) is 53.9 Å². The van der Waals surface area contributed by atoms with Crippen molar-refractivity contribution >= 4 is 0 Å². The van der Waals surface area contributed by atoms with Gasteiger partial charge in [0.15, 0.2) is 0 Å². The van der Waals surface area contributed by atoms with Gasteiger partial charge in [0.2, 0.25) is 0 Å². The van der Waals surface area contributed by atoms with E-state index in [1.165, 1.54) is 0 Å². The molecular weight excluding hydrogens is 242 g/mol. The first-order valence-electron chi connectivity index (χ1n) is 7.40. The number of nitrogens with one attached hydrogen (secondary N) is 1. The van der Waals surface area contributed by atoms with E-state index in [0.717, 1.165) is 32.4 Å². The van der Waals surface area contributed by atoms with Gasteiger partial charge in [0.1, 0.15) is 0 Å². The average Bonchev–Trinajstić information content (AvgIpc) is 2.31. The Bertz CT molecular complexity index is 216. The number of likely N-dealkylation sites (N-methyl/N-ethyl adjacent to an activating group) is 1. The molecule has 116 valence electrons. The Labute approximate surface area is 118 Å².